The average molecular weight is 282 g/mol. The number of hydrogen-bond donors (Lipinski definition) is 0. The largest absolute Gasteiger partial charge is 0.299 e. The van der Waals surface area contributed by atoms with E-state index >= 15 is 0 Å². The van der Waals surface area contributed by atoms with Crippen molar-refractivity contribution in [2.75, 3.05) is 0 Å². The number of nitriles is 1. The summed E-state index contributed by atoms with van der Waals surface area (Å²) < 4.78 is 0. The molecule has 0 heterocycles. The number of unbranched alkanes of at least 4 members (excludes halogenated alkanes) is 2. The highest BCUT2D eigenvalue weighted by Gasteiger charge is 2.62. The van der Waals surface area contributed by atoms with E-state index in [1.54, 1.807) is 0 Å². The second-order valence-corrected chi connectivity index (χ2v) is 6.25. The SMILES string of the molecule is CCCCC1(CCCC)C(=O)CC1(C)/C(Cl)=C/C#N. The molecule has 3 heteroatoms. The summed E-state index contributed by atoms with van der Waals surface area (Å²) in [5.41, 5.74) is -0.658. The number of hydrogen-bond acceptors (Lipinski definition) is 2. The van der Waals surface area contributed by atoms with Crippen molar-refractivity contribution in [1.29, 1.82) is 5.26 Å². The Morgan fingerprint density at radius 2 is 1.89 bits per heavy atom. The normalized spacial score (nSPS) is 25.8. The predicted octanol–water partition coefficient (Wildman–Crippen LogP) is 4.98. The van der Waals surface area contributed by atoms with E-state index in [0.29, 0.717) is 17.2 Å². The molecule has 0 aromatic carbocycles. The molecule has 1 fully saturated rings. The molecule has 1 atom stereocenters. The van der Waals surface area contributed by atoms with E-state index in [4.69, 9.17) is 16.9 Å². The van der Waals surface area contributed by atoms with Crippen molar-refractivity contribution in [3.63, 3.8) is 0 Å². The minimum atomic E-state index is -0.330. The first-order valence-corrected chi connectivity index (χ1v) is 7.65. The van der Waals surface area contributed by atoms with Gasteiger partial charge in [0.2, 0.25) is 0 Å². The quantitative estimate of drug-likeness (QED) is 0.618. The van der Waals surface area contributed by atoms with Crippen LogP contribution in [0.2, 0.25) is 0 Å². The van der Waals surface area contributed by atoms with E-state index in [2.05, 4.69) is 20.8 Å². The fourth-order valence-corrected chi connectivity index (χ4v) is 3.60. The monoisotopic (exact) mass is 281 g/mol. The van der Waals surface area contributed by atoms with E-state index in [1.165, 1.54) is 6.08 Å². The van der Waals surface area contributed by atoms with Crippen LogP contribution in [0.4, 0.5) is 0 Å². The number of nitrogens with zero attached hydrogens (tertiary/aromatic N) is 1. The molecule has 1 unspecified atom stereocenters. The minimum absolute atomic E-state index is 0.328. The number of rotatable bonds is 7. The van der Waals surface area contributed by atoms with Crippen LogP contribution in [0, 0.1) is 22.2 Å². The van der Waals surface area contributed by atoms with Gasteiger partial charge in [-0.25, -0.2) is 0 Å². The average Bonchev–Trinajstić information content (AvgIpc) is 2.38. The Hall–Kier alpha value is -0.810. The lowest BCUT2D eigenvalue weighted by atomic mass is 9.46. The van der Waals surface area contributed by atoms with Gasteiger partial charge >= 0.3 is 0 Å². The van der Waals surface area contributed by atoms with Gasteiger partial charge in [-0.05, 0) is 12.8 Å². The molecule has 0 radical (unpaired) electrons. The summed E-state index contributed by atoms with van der Waals surface area (Å²) in [6, 6.07) is 2.00. The van der Waals surface area contributed by atoms with E-state index in [1.807, 2.05) is 6.07 Å². The van der Waals surface area contributed by atoms with Gasteiger partial charge in [0.05, 0.1) is 6.07 Å². The summed E-state index contributed by atoms with van der Waals surface area (Å²) in [5.74, 6) is 0.335. The van der Waals surface area contributed by atoms with Gasteiger partial charge in [0.25, 0.3) is 0 Å². The first-order chi connectivity index (χ1) is 8.98. The molecule has 2 nitrogen and oxygen atoms in total. The number of allylic oxidation sites excluding steroid dienone is 2. The Morgan fingerprint density at radius 3 is 2.26 bits per heavy atom. The second-order valence-electron chi connectivity index (χ2n) is 5.84. The zero-order chi connectivity index (χ0) is 14.5. The van der Waals surface area contributed by atoms with E-state index < -0.39 is 0 Å². The minimum Gasteiger partial charge on any atom is -0.299 e. The first-order valence-electron chi connectivity index (χ1n) is 7.27. The molecule has 106 valence electrons. The van der Waals surface area contributed by atoms with Crippen LogP contribution in [0.1, 0.15) is 65.7 Å². The summed E-state index contributed by atoms with van der Waals surface area (Å²) in [7, 11) is 0. The summed E-state index contributed by atoms with van der Waals surface area (Å²) in [4.78, 5) is 12.3. The molecule has 0 amide bonds. The van der Waals surface area contributed by atoms with Gasteiger partial charge < -0.3 is 0 Å². The highest BCUT2D eigenvalue weighted by molar-refractivity contribution is 6.31. The van der Waals surface area contributed by atoms with E-state index in [9.17, 15) is 4.79 Å². The zero-order valence-corrected chi connectivity index (χ0v) is 13.0. The van der Waals surface area contributed by atoms with Crippen LogP contribution in [0.15, 0.2) is 11.1 Å². The molecule has 0 N–H and O–H groups in total. The maximum atomic E-state index is 12.3. The Morgan fingerprint density at radius 1 is 1.37 bits per heavy atom. The molecular formula is C16H24ClNO. The van der Waals surface area contributed by atoms with Crippen molar-refractivity contribution in [2.45, 2.75) is 65.7 Å². The molecule has 0 spiro atoms. The zero-order valence-electron chi connectivity index (χ0n) is 12.3. The number of carbonyl (C=O) groups excluding carboxylic acids is 1. The third-order valence-corrected chi connectivity index (χ3v) is 5.26. The highest BCUT2D eigenvalue weighted by atomic mass is 35.5. The Bertz CT molecular complexity index is 399. The maximum absolute atomic E-state index is 12.3. The van der Waals surface area contributed by atoms with Crippen LogP contribution in [0.25, 0.3) is 0 Å². The van der Waals surface area contributed by atoms with Gasteiger partial charge in [-0.3, -0.25) is 4.79 Å². The molecular weight excluding hydrogens is 258 g/mol. The van der Waals surface area contributed by atoms with Gasteiger partial charge in [0, 0.05) is 28.4 Å². The van der Waals surface area contributed by atoms with Crippen molar-refractivity contribution >= 4 is 17.4 Å². The van der Waals surface area contributed by atoms with Crippen LogP contribution in [-0.2, 0) is 4.79 Å². The van der Waals surface area contributed by atoms with Crippen molar-refractivity contribution in [2.24, 2.45) is 10.8 Å². The molecule has 0 saturated heterocycles. The number of ketones is 1. The van der Waals surface area contributed by atoms with Crippen LogP contribution in [0.3, 0.4) is 0 Å². The maximum Gasteiger partial charge on any atom is 0.140 e. The third kappa shape index (κ3) is 2.72. The topological polar surface area (TPSA) is 40.9 Å². The number of halogens is 1. The van der Waals surface area contributed by atoms with Crippen molar-refractivity contribution < 1.29 is 4.79 Å². The van der Waals surface area contributed by atoms with Gasteiger partial charge in [0.1, 0.15) is 5.78 Å². The lowest BCUT2D eigenvalue weighted by molar-refractivity contribution is -0.156. The molecule has 1 aliphatic rings. The van der Waals surface area contributed by atoms with Gasteiger partial charge in [0.15, 0.2) is 0 Å². The third-order valence-electron chi connectivity index (χ3n) is 4.74. The van der Waals surface area contributed by atoms with Crippen LogP contribution in [-0.4, -0.2) is 5.78 Å². The molecule has 0 aromatic rings. The molecule has 1 saturated carbocycles. The Balaban J connectivity index is 3.06. The summed E-state index contributed by atoms with van der Waals surface area (Å²) in [5, 5.41) is 9.37. The fraction of sp³-hybridized carbons (Fsp3) is 0.750. The van der Waals surface area contributed by atoms with Crippen molar-refractivity contribution in [3.05, 3.63) is 11.1 Å². The lowest BCUT2D eigenvalue weighted by Crippen LogP contribution is -2.58. The van der Waals surface area contributed by atoms with Gasteiger partial charge in [-0.2, -0.15) is 5.26 Å². The van der Waals surface area contributed by atoms with Gasteiger partial charge in [-0.15, -0.1) is 0 Å². The van der Waals surface area contributed by atoms with Crippen LogP contribution >= 0.6 is 11.6 Å². The lowest BCUT2D eigenvalue weighted by Gasteiger charge is -2.56. The smallest absolute Gasteiger partial charge is 0.140 e. The predicted molar refractivity (Wildman–Crippen MR) is 78.8 cm³/mol. The molecule has 1 rings (SSSR count). The molecule has 0 aliphatic heterocycles. The molecule has 19 heavy (non-hydrogen) atoms. The van der Waals surface area contributed by atoms with E-state index in [-0.39, 0.29) is 10.8 Å². The standard InChI is InChI=1S/C16H24ClNO/c1-4-6-9-16(10-7-5-2)14(19)12-15(16,3)13(17)8-11-18/h8H,4-7,9-10,12H2,1-3H3/b13-8-. The van der Waals surface area contributed by atoms with Crippen LogP contribution < -0.4 is 0 Å². The fourth-order valence-electron chi connectivity index (χ4n) is 3.30. The number of carbonyl (C=O) groups is 1. The Kier molecular flexibility index (Phi) is 5.62. The molecule has 0 aromatic heterocycles. The highest BCUT2D eigenvalue weighted by Crippen LogP contribution is 2.63. The Labute approximate surface area is 121 Å². The number of Topliss-reactive ketones (excluding diaryl/α,β-unsaturated/α-hetero) is 1. The molecule has 1 aliphatic carbocycles. The van der Waals surface area contributed by atoms with Crippen LogP contribution in [0.5, 0.6) is 0 Å². The first kappa shape index (κ1) is 16.2. The second kappa shape index (κ2) is 6.57. The van der Waals surface area contributed by atoms with Gasteiger partial charge in [-0.1, -0.05) is 58.1 Å². The van der Waals surface area contributed by atoms with Crippen molar-refractivity contribution in [3.8, 4) is 6.07 Å². The summed E-state index contributed by atoms with van der Waals surface area (Å²) in [6.45, 7) is 6.33. The molecule has 0 bridgehead atoms. The summed E-state index contributed by atoms with van der Waals surface area (Å²) >= 11 is 6.32. The van der Waals surface area contributed by atoms with Crippen molar-refractivity contribution in [1.82, 2.24) is 0 Å². The summed E-state index contributed by atoms with van der Waals surface area (Å²) in [6.07, 6.45) is 7.93. The van der Waals surface area contributed by atoms with E-state index in [0.717, 1.165) is 38.5 Å².